The Hall–Kier alpha value is -6.99. The van der Waals surface area contributed by atoms with Gasteiger partial charge in [0.2, 0.25) is 33.7 Å². The van der Waals surface area contributed by atoms with Crippen LogP contribution in [-0.4, -0.2) is 89.0 Å². The van der Waals surface area contributed by atoms with Gasteiger partial charge in [0.1, 0.15) is 6.04 Å². The lowest BCUT2D eigenvalue weighted by Crippen LogP contribution is -2.54. The van der Waals surface area contributed by atoms with Gasteiger partial charge in [-0.25, -0.2) is 13.4 Å². The van der Waals surface area contributed by atoms with Crippen LogP contribution in [0.3, 0.4) is 0 Å². The molecule has 5 N–H and O–H groups in total. The molecule has 2 aliphatic heterocycles. The number of nitrogens with one attached hydrogen (secondary N) is 5. The highest BCUT2D eigenvalue weighted by Gasteiger charge is 2.45. The largest absolute Gasteiger partial charge is 0.384 e. The minimum Gasteiger partial charge on any atom is -0.384 e. The summed E-state index contributed by atoms with van der Waals surface area (Å²) in [6, 6.07) is 21.2. The van der Waals surface area contributed by atoms with E-state index in [0.29, 0.717) is 36.0 Å². The highest BCUT2D eigenvalue weighted by molar-refractivity contribution is 7.89. The molecule has 7 amide bonds. The number of hydrogen-bond donors (Lipinski definition) is 5. The smallest absolute Gasteiger partial charge is 0.264 e. The molecule has 7 rings (SSSR count). The third-order valence-corrected chi connectivity index (χ3v) is 13.2. The van der Waals surface area contributed by atoms with Crippen molar-refractivity contribution in [1.82, 2.24) is 29.8 Å². The van der Waals surface area contributed by atoms with Gasteiger partial charge in [-0.05, 0) is 66.3 Å². The van der Waals surface area contributed by atoms with Crippen LogP contribution in [0.2, 0.25) is 0 Å². The molecule has 0 spiro atoms. The van der Waals surface area contributed by atoms with Crippen molar-refractivity contribution in [3.8, 4) is 22.4 Å². The molecule has 1 fully saturated rings. The van der Waals surface area contributed by atoms with Crippen molar-refractivity contribution in [2.45, 2.75) is 83.2 Å². The Labute approximate surface area is 392 Å². The first kappa shape index (κ1) is 48.0. The van der Waals surface area contributed by atoms with E-state index in [1.54, 1.807) is 18.2 Å². The average molecular weight is 949 g/mol. The highest BCUT2D eigenvalue weighted by atomic mass is 32.2. The maximum absolute atomic E-state index is 13.3. The lowest BCUT2D eigenvalue weighted by Gasteiger charge is -2.27. The molecule has 0 bridgehead atoms. The summed E-state index contributed by atoms with van der Waals surface area (Å²) in [6.07, 6.45) is 12.1. The van der Waals surface area contributed by atoms with Gasteiger partial charge in [-0.3, -0.25) is 47.8 Å². The second-order valence-electron chi connectivity index (χ2n) is 16.5. The quantitative estimate of drug-likeness (QED) is 0.0393. The molecule has 1 saturated heterocycles. The molecule has 19 heteroatoms. The number of fused-ring (bicyclic) bond motifs is 1. The summed E-state index contributed by atoms with van der Waals surface area (Å²) in [4.78, 5) is 93.5. The number of benzene rings is 3. The van der Waals surface area contributed by atoms with Crippen molar-refractivity contribution in [1.29, 1.82) is 0 Å². The number of carbonyl (C=O) groups excluding carboxylic acids is 7. The number of piperidine rings is 1. The molecule has 0 saturated carbocycles. The fraction of sp³-hybridized carbons (Fsp3) is 0.333. The van der Waals surface area contributed by atoms with E-state index in [2.05, 4.69) is 31.6 Å². The molecule has 1 atom stereocenters. The van der Waals surface area contributed by atoms with Crippen molar-refractivity contribution in [3.63, 3.8) is 0 Å². The minimum absolute atomic E-state index is 0.0109. The first-order valence-corrected chi connectivity index (χ1v) is 24.9. The van der Waals surface area contributed by atoms with E-state index in [0.717, 1.165) is 88.7 Å². The number of unbranched alkanes of at least 4 members (excludes halogenated alkanes) is 7. The van der Waals surface area contributed by atoms with Gasteiger partial charge in [0.05, 0.1) is 35.2 Å². The van der Waals surface area contributed by atoms with Crippen LogP contribution in [0.25, 0.3) is 22.4 Å². The van der Waals surface area contributed by atoms with Crippen LogP contribution in [0.4, 0.5) is 10.8 Å². The summed E-state index contributed by atoms with van der Waals surface area (Å²) >= 11 is 1.25. The minimum atomic E-state index is -3.53. The summed E-state index contributed by atoms with van der Waals surface area (Å²) in [7, 11) is -3.53. The highest BCUT2D eigenvalue weighted by Crippen LogP contribution is 2.33. The SMILES string of the molecule is CS(=O)(=O)n1ccc(C(=O)NCC(=O)Nc2nc(-c3cccc(-c4cccc(CNC(=O)CCCCCCCCCCNc5cccc6c5C(=O)N(C5CCC(=O)NC5=O)C6=O)c4)c3)cs2)c1. The van der Waals surface area contributed by atoms with Crippen LogP contribution in [0.5, 0.6) is 0 Å². The third kappa shape index (κ3) is 12.5. The van der Waals surface area contributed by atoms with Crippen LogP contribution >= 0.6 is 11.3 Å². The lowest BCUT2D eigenvalue weighted by atomic mass is 10.0. The van der Waals surface area contributed by atoms with Crippen molar-refractivity contribution in [2.75, 3.05) is 30.0 Å². The van der Waals surface area contributed by atoms with Crippen LogP contribution in [0.15, 0.2) is 90.6 Å². The molecule has 17 nitrogen and oxygen atoms in total. The summed E-state index contributed by atoms with van der Waals surface area (Å²) in [5.74, 6) is -3.14. The number of amides is 7. The number of hydrogen-bond acceptors (Lipinski definition) is 12. The van der Waals surface area contributed by atoms with E-state index < -0.39 is 51.5 Å². The van der Waals surface area contributed by atoms with E-state index in [1.807, 2.05) is 53.9 Å². The predicted molar refractivity (Wildman–Crippen MR) is 254 cm³/mol. The number of carbonyl (C=O) groups is 7. The summed E-state index contributed by atoms with van der Waals surface area (Å²) in [6.45, 7) is 0.711. The zero-order valence-corrected chi connectivity index (χ0v) is 38.6. The Morgan fingerprint density at radius 3 is 2.25 bits per heavy atom. The van der Waals surface area contributed by atoms with Gasteiger partial charge in [-0.15, -0.1) is 11.3 Å². The summed E-state index contributed by atoms with van der Waals surface area (Å²) in [5, 5.41) is 15.9. The van der Waals surface area contributed by atoms with Gasteiger partial charge >= 0.3 is 0 Å². The van der Waals surface area contributed by atoms with Crippen LogP contribution in [0, 0.1) is 0 Å². The molecule has 4 heterocycles. The first-order valence-electron chi connectivity index (χ1n) is 22.2. The predicted octanol–water partition coefficient (Wildman–Crippen LogP) is 6.10. The lowest BCUT2D eigenvalue weighted by molar-refractivity contribution is -0.136. The number of anilines is 2. The number of thiazole rings is 1. The van der Waals surface area contributed by atoms with Gasteiger partial charge in [-0.2, -0.15) is 0 Å². The fourth-order valence-electron chi connectivity index (χ4n) is 7.97. The number of imide groups is 2. The first-order chi connectivity index (χ1) is 32.2. The molecule has 0 radical (unpaired) electrons. The molecule has 350 valence electrons. The Balaban J connectivity index is 0.757. The van der Waals surface area contributed by atoms with Crippen LogP contribution in [-0.2, 0) is 35.7 Å². The molecule has 67 heavy (non-hydrogen) atoms. The Bertz CT molecular complexity index is 2800. The van der Waals surface area contributed by atoms with Gasteiger partial charge in [0.15, 0.2) is 5.13 Å². The molecule has 5 aromatic rings. The summed E-state index contributed by atoms with van der Waals surface area (Å²) < 4.78 is 24.3. The van der Waals surface area contributed by atoms with Crippen LogP contribution in [0.1, 0.15) is 107 Å². The molecular weight excluding hydrogens is 897 g/mol. The zero-order chi connectivity index (χ0) is 47.5. The fourth-order valence-corrected chi connectivity index (χ4v) is 9.29. The van der Waals surface area contributed by atoms with Crippen molar-refractivity contribution in [3.05, 3.63) is 113 Å². The Kier molecular flexibility index (Phi) is 15.7. The van der Waals surface area contributed by atoms with Gasteiger partial charge in [0, 0.05) is 55.0 Å². The monoisotopic (exact) mass is 948 g/mol. The normalized spacial score (nSPS) is 14.7. The van der Waals surface area contributed by atoms with Gasteiger partial charge in [0.25, 0.3) is 17.7 Å². The number of aromatic nitrogens is 2. The van der Waals surface area contributed by atoms with E-state index in [1.165, 1.54) is 29.8 Å². The maximum atomic E-state index is 13.3. The molecule has 0 aliphatic carbocycles. The number of nitrogens with zero attached hydrogens (tertiary/aromatic N) is 3. The van der Waals surface area contributed by atoms with E-state index in [-0.39, 0.29) is 42.0 Å². The average Bonchev–Trinajstić information content (AvgIpc) is 4.06. The molecule has 2 aromatic heterocycles. The van der Waals surface area contributed by atoms with Crippen molar-refractivity contribution >= 4 is 73.5 Å². The molecule has 2 aliphatic rings. The zero-order valence-electron chi connectivity index (χ0n) is 37.0. The standard InChI is InChI=1S/C48H52N8O9S2/c1-67(64,65)55-24-22-35(29-55)44(60)51-28-42(59)54-48-52-38(30-66-48)34-16-11-15-33(26-34)32-14-10-13-31(25-32)27-50-40(57)19-8-6-4-2-3-5-7-9-23-49-37-18-12-17-36-43(37)47(63)56(46(36)62)39-20-21-41(58)53-45(39)61/h10-18,22,24-26,29-30,39,49H,2-9,19-21,23,27-28H2,1H3,(H,50,57)(H,51,60)(H,52,54,59)(H,53,58,61). The van der Waals surface area contributed by atoms with Gasteiger partial charge < -0.3 is 21.3 Å². The second kappa shape index (κ2) is 22.0. The Morgan fingerprint density at radius 1 is 0.806 bits per heavy atom. The third-order valence-electron chi connectivity index (χ3n) is 11.5. The van der Waals surface area contributed by atoms with E-state index >= 15 is 0 Å². The molecular formula is C48H52N8O9S2. The van der Waals surface area contributed by atoms with Gasteiger partial charge in [-0.1, -0.05) is 81.0 Å². The maximum Gasteiger partial charge on any atom is 0.264 e. The number of rotatable bonds is 22. The topological polar surface area (TPSA) is 235 Å². The second-order valence-corrected chi connectivity index (χ2v) is 19.2. The summed E-state index contributed by atoms with van der Waals surface area (Å²) in [5.41, 5.74) is 5.62. The molecule has 1 unspecified atom stereocenters. The van der Waals surface area contributed by atoms with E-state index in [4.69, 9.17) is 0 Å². The van der Waals surface area contributed by atoms with E-state index in [9.17, 15) is 42.0 Å². The van der Waals surface area contributed by atoms with Crippen LogP contribution < -0.4 is 26.6 Å². The molecule has 3 aromatic carbocycles. The van der Waals surface area contributed by atoms with Crippen molar-refractivity contribution < 1.29 is 42.0 Å². The van der Waals surface area contributed by atoms with Crippen molar-refractivity contribution in [2.24, 2.45) is 0 Å². The Morgan fingerprint density at radius 2 is 1.51 bits per heavy atom.